The molecule has 8 nitrogen and oxygen atoms in total. The Kier molecular flexibility index (Phi) is 6.36. The molecule has 0 saturated heterocycles. The van der Waals surface area contributed by atoms with Crippen molar-refractivity contribution in [1.82, 2.24) is 15.6 Å². The van der Waals surface area contributed by atoms with Crippen molar-refractivity contribution in [1.29, 1.82) is 0 Å². The van der Waals surface area contributed by atoms with Crippen LogP contribution in [-0.2, 0) is 0 Å². The maximum absolute atomic E-state index is 12.2. The summed E-state index contributed by atoms with van der Waals surface area (Å²) >= 11 is 0. The summed E-state index contributed by atoms with van der Waals surface area (Å²) in [7, 11) is 0. The molecule has 0 saturated carbocycles. The van der Waals surface area contributed by atoms with Crippen molar-refractivity contribution in [2.45, 2.75) is 13.8 Å². The highest BCUT2D eigenvalue weighted by molar-refractivity contribution is 5.92. The average Bonchev–Trinajstić information content (AvgIpc) is 3.31. The largest absolute Gasteiger partial charge is 0.423 e. The Balaban J connectivity index is 1.32. The van der Waals surface area contributed by atoms with E-state index in [1.165, 1.54) is 6.21 Å². The van der Waals surface area contributed by atoms with Crippen LogP contribution in [0.2, 0.25) is 0 Å². The highest BCUT2D eigenvalue weighted by Crippen LogP contribution is 2.17. The van der Waals surface area contributed by atoms with Gasteiger partial charge in [0.25, 0.3) is 0 Å². The summed E-state index contributed by atoms with van der Waals surface area (Å²) in [5.74, 6) is -0.531. The monoisotopic (exact) mass is 440 g/mol. The number of nitrogens with zero attached hydrogens (tertiary/aromatic N) is 3. The van der Waals surface area contributed by atoms with Crippen LogP contribution in [0, 0.1) is 13.8 Å². The van der Waals surface area contributed by atoms with E-state index in [0.717, 1.165) is 16.7 Å². The van der Waals surface area contributed by atoms with E-state index >= 15 is 0 Å². The molecule has 0 aliphatic carbocycles. The Labute approximate surface area is 189 Å². The van der Waals surface area contributed by atoms with Gasteiger partial charge in [-0.15, -0.1) is 0 Å². The molecule has 0 aliphatic rings. The van der Waals surface area contributed by atoms with E-state index < -0.39 is 11.9 Å². The Morgan fingerprint density at radius 2 is 1.73 bits per heavy atom. The first kappa shape index (κ1) is 21.6. The lowest BCUT2D eigenvalue weighted by atomic mass is 10.1. The van der Waals surface area contributed by atoms with Crippen LogP contribution in [0.15, 0.2) is 82.4 Å². The van der Waals surface area contributed by atoms with Gasteiger partial charge in [0.15, 0.2) is 0 Å². The second-order valence-corrected chi connectivity index (χ2v) is 7.32. The van der Waals surface area contributed by atoms with Gasteiger partial charge in [0, 0.05) is 5.56 Å². The third-order valence-corrected chi connectivity index (χ3v) is 4.65. The number of aryl methyl sites for hydroxylation is 2. The molecule has 0 aliphatic heterocycles. The predicted molar refractivity (Wildman–Crippen MR) is 122 cm³/mol. The van der Waals surface area contributed by atoms with Crippen LogP contribution >= 0.6 is 0 Å². The number of benzene rings is 3. The molecule has 0 fully saturated rings. The molecule has 1 amide bonds. The van der Waals surface area contributed by atoms with Crippen molar-refractivity contribution in [3.63, 3.8) is 0 Å². The summed E-state index contributed by atoms with van der Waals surface area (Å²) in [5, 5.41) is 7.72. The number of amides is 1. The summed E-state index contributed by atoms with van der Waals surface area (Å²) in [4.78, 5) is 28.5. The van der Waals surface area contributed by atoms with Gasteiger partial charge < -0.3 is 9.26 Å². The van der Waals surface area contributed by atoms with E-state index in [0.29, 0.717) is 22.7 Å². The average molecular weight is 440 g/mol. The minimum absolute atomic E-state index is 0.193. The maximum atomic E-state index is 12.2. The van der Waals surface area contributed by atoms with Crippen molar-refractivity contribution in [3.8, 4) is 17.1 Å². The molecule has 164 valence electrons. The predicted octanol–water partition coefficient (Wildman–Crippen LogP) is 4.34. The molecule has 0 radical (unpaired) electrons. The van der Waals surface area contributed by atoms with Gasteiger partial charge in [-0.1, -0.05) is 52.7 Å². The molecule has 4 aromatic rings. The van der Waals surface area contributed by atoms with Crippen LogP contribution in [0.5, 0.6) is 5.75 Å². The van der Waals surface area contributed by atoms with Gasteiger partial charge in [0.1, 0.15) is 5.75 Å². The molecule has 0 spiro atoms. The van der Waals surface area contributed by atoms with Gasteiger partial charge in [-0.2, -0.15) is 10.1 Å². The highest BCUT2D eigenvalue weighted by Gasteiger charge is 2.15. The lowest BCUT2D eigenvalue weighted by Gasteiger charge is -2.05. The smallest absolute Gasteiger partial charge is 0.343 e. The number of hydrogen-bond donors (Lipinski definition) is 1. The van der Waals surface area contributed by atoms with Crippen molar-refractivity contribution < 1.29 is 18.8 Å². The first-order chi connectivity index (χ1) is 16.0. The van der Waals surface area contributed by atoms with Crippen molar-refractivity contribution in [2.24, 2.45) is 5.10 Å². The van der Waals surface area contributed by atoms with Crippen LogP contribution in [0.4, 0.5) is 0 Å². The lowest BCUT2D eigenvalue weighted by Crippen LogP contribution is -2.18. The Morgan fingerprint density at radius 3 is 2.45 bits per heavy atom. The molecule has 8 heteroatoms. The van der Waals surface area contributed by atoms with Gasteiger partial charge in [-0.25, -0.2) is 10.2 Å². The fraction of sp³-hybridized carbons (Fsp3) is 0.0800. The third kappa shape index (κ3) is 5.56. The summed E-state index contributed by atoms with van der Waals surface area (Å²) in [5.41, 5.74) is 6.34. The van der Waals surface area contributed by atoms with Gasteiger partial charge in [0.2, 0.25) is 5.82 Å². The Bertz CT molecular complexity index is 1310. The number of esters is 1. The number of nitrogens with one attached hydrogen (secondary N) is 1. The van der Waals surface area contributed by atoms with E-state index in [1.54, 1.807) is 42.5 Å². The molecule has 0 bridgehead atoms. The SMILES string of the molecule is Cc1ccc(-c2noc(C(=O)NN=Cc3ccc(OC(=O)c4cccc(C)c4)cc3)n2)cc1. The van der Waals surface area contributed by atoms with Gasteiger partial charge in [-0.05, 0) is 55.8 Å². The summed E-state index contributed by atoms with van der Waals surface area (Å²) < 4.78 is 10.4. The number of aromatic nitrogens is 2. The Hall–Kier alpha value is -4.59. The molecule has 4 rings (SSSR count). The minimum Gasteiger partial charge on any atom is -0.423 e. The van der Waals surface area contributed by atoms with Crippen LogP contribution in [-0.4, -0.2) is 28.2 Å². The number of carbonyl (C=O) groups is 2. The summed E-state index contributed by atoms with van der Waals surface area (Å²) in [6.07, 6.45) is 1.45. The molecule has 3 aromatic carbocycles. The zero-order chi connectivity index (χ0) is 23.2. The second-order valence-electron chi connectivity index (χ2n) is 7.32. The number of rotatable bonds is 6. The number of ether oxygens (including phenoxy) is 1. The zero-order valence-corrected chi connectivity index (χ0v) is 18.0. The van der Waals surface area contributed by atoms with Gasteiger partial charge in [-0.3, -0.25) is 4.79 Å². The molecular formula is C25H20N4O4. The van der Waals surface area contributed by atoms with Crippen molar-refractivity contribution >= 4 is 18.1 Å². The minimum atomic E-state index is -0.624. The quantitative estimate of drug-likeness (QED) is 0.207. The van der Waals surface area contributed by atoms with E-state index in [-0.39, 0.29) is 5.89 Å². The Morgan fingerprint density at radius 1 is 0.970 bits per heavy atom. The molecule has 33 heavy (non-hydrogen) atoms. The van der Waals surface area contributed by atoms with Crippen molar-refractivity contribution in [3.05, 3.63) is 101 Å². The van der Waals surface area contributed by atoms with Gasteiger partial charge >= 0.3 is 17.8 Å². The topological polar surface area (TPSA) is 107 Å². The standard InChI is InChI=1S/C25H20N4O4/c1-16-6-10-19(11-7-16)22-27-24(33-29-22)23(30)28-26-15-18-8-12-21(13-9-18)32-25(31)20-5-3-4-17(2)14-20/h3-15H,1-2H3,(H,28,30). The van der Waals surface area contributed by atoms with Crippen LogP contribution in [0.3, 0.4) is 0 Å². The maximum Gasteiger partial charge on any atom is 0.343 e. The van der Waals surface area contributed by atoms with E-state index in [1.807, 2.05) is 44.2 Å². The number of hydrazone groups is 1. The first-order valence-corrected chi connectivity index (χ1v) is 10.1. The molecule has 1 heterocycles. The highest BCUT2D eigenvalue weighted by atomic mass is 16.5. The fourth-order valence-corrected chi connectivity index (χ4v) is 2.91. The van der Waals surface area contributed by atoms with Crippen molar-refractivity contribution in [2.75, 3.05) is 0 Å². The number of carbonyl (C=O) groups excluding carboxylic acids is 2. The molecule has 1 N–H and O–H groups in total. The van der Waals surface area contributed by atoms with Crippen LogP contribution in [0.1, 0.15) is 37.7 Å². The third-order valence-electron chi connectivity index (χ3n) is 4.65. The lowest BCUT2D eigenvalue weighted by molar-refractivity contribution is 0.0734. The normalized spacial score (nSPS) is 10.8. The second kappa shape index (κ2) is 9.69. The fourth-order valence-electron chi connectivity index (χ4n) is 2.91. The zero-order valence-electron chi connectivity index (χ0n) is 18.0. The van der Waals surface area contributed by atoms with Crippen LogP contribution in [0.25, 0.3) is 11.4 Å². The molecule has 0 atom stereocenters. The van der Waals surface area contributed by atoms with Crippen LogP contribution < -0.4 is 10.2 Å². The molecular weight excluding hydrogens is 420 g/mol. The van der Waals surface area contributed by atoms with E-state index in [9.17, 15) is 9.59 Å². The first-order valence-electron chi connectivity index (χ1n) is 10.1. The van der Waals surface area contributed by atoms with E-state index in [2.05, 4.69) is 20.7 Å². The van der Waals surface area contributed by atoms with Gasteiger partial charge in [0.05, 0.1) is 11.8 Å². The number of hydrogen-bond acceptors (Lipinski definition) is 7. The van der Waals surface area contributed by atoms with E-state index in [4.69, 9.17) is 9.26 Å². The molecule has 1 aromatic heterocycles. The summed E-state index contributed by atoms with van der Waals surface area (Å²) in [6.45, 7) is 3.88. The molecule has 0 unspecified atom stereocenters. The summed E-state index contributed by atoms with van der Waals surface area (Å²) in [6, 6.07) is 21.4.